The number of hydrogen-bond donors (Lipinski definition) is 6. The molecule has 0 atom stereocenters. The highest BCUT2D eigenvalue weighted by atomic mass is 16.4. The SMILES string of the molecule is NC(=O)O.NC(=O)O.OCc1cccc(CO)n1. The maximum absolute atomic E-state index is 8.78. The van der Waals surface area contributed by atoms with Crippen LogP contribution in [0, 0.1) is 0 Å². The molecule has 0 unspecified atom stereocenters. The van der Waals surface area contributed by atoms with Gasteiger partial charge in [0.05, 0.1) is 24.6 Å². The van der Waals surface area contributed by atoms with Crippen molar-refractivity contribution in [3.8, 4) is 0 Å². The second-order valence-electron chi connectivity index (χ2n) is 2.61. The van der Waals surface area contributed by atoms with E-state index in [2.05, 4.69) is 16.5 Å². The van der Waals surface area contributed by atoms with Gasteiger partial charge >= 0.3 is 12.2 Å². The number of aliphatic hydroxyl groups is 2. The Bertz CT molecular complexity index is 332. The molecule has 0 aliphatic carbocycles. The molecule has 102 valence electrons. The fourth-order valence-electron chi connectivity index (χ4n) is 0.705. The van der Waals surface area contributed by atoms with Crippen LogP contribution in [0.2, 0.25) is 0 Å². The summed E-state index contributed by atoms with van der Waals surface area (Å²) in [5, 5.41) is 31.6. The Hall–Kier alpha value is -2.39. The molecule has 0 bridgehead atoms. The lowest BCUT2D eigenvalue weighted by atomic mass is 10.3. The first-order valence-corrected chi connectivity index (χ1v) is 4.46. The standard InChI is InChI=1S/C7H9NO2.2CH3NO2/c9-4-6-2-1-3-7(5-10)8-6;2*2-1(3)4/h1-3,9-10H,4-5H2;2*2H2,(H,3,4). The number of rotatable bonds is 2. The topological polar surface area (TPSA) is 180 Å². The summed E-state index contributed by atoms with van der Waals surface area (Å²) in [6.07, 6.45) is -2.67. The largest absolute Gasteiger partial charge is 0.465 e. The van der Waals surface area contributed by atoms with Gasteiger partial charge in [0, 0.05) is 0 Å². The summed E-state index contributed by atoms with van der Waals surface area (Å²) in [5.41, 5.74) is 9.23. The summed E-state index contributed by atoms with van der Waals surface area (Å²) < 4.78 is 0. The first-order valence-electron chi connectivity index (χ1n) is 4.46. The molecule has 0 aliphatic heterocycles. The number of primary amides is 2. The third-order valence-electron chi connectivity index (χ3n) is 1.19. The molecule has 0 aliphatic rings. The summed E-state index contributed by atoms with van der Waals surface area (Å²) in [7, 11) is 0. The molecule has 1 rings (SSSR count). The van der Waals surface area contributed by atoms with Crippen molar-refractivity contribution in [1.82, 2.24) is 4.98 Å². The summed E-state index contributed by atoms with van der Waals surface area (Å²) in [4.78, 5) is 21.5. The molecule has 1 aromatic rings. The van der Waals surface area contributed by atoms with E-state index in [-0.39, 0.29) is 13.2 Å². The van der Waals surface area contributed by atoms with Gasteiger partial charge in [-0.3, -0.25) is 4.98 Å². The quantitative estimate of drug-likeness (QED) is 0.407. The van der Waals surface area contributed by atoms with Gasteiger partial charge in [-0.2, -0.15) is 0 Å². The molecule has 0 radical (unpaired) electrons. The maximum Gasteiger partial charge on any atom is 0.402 e. The van der Waals surface area contributed by atoms with Gasteiger partial charge in [-0.15, -0.1) is 0 Å². The van der Waals surface area contributed by atoms with Crippen LogP contribution in [0.25, 0.3) is 0 Å². The first-order chi connectivity index (χ1) is 8.33. The molecule has 0 saturated carbocycles. The van der Waals surface area contributed by atoms with Crippen molar-refractivity contribution in [3.63, 3.8) is 0 Å². The first kappa shape index (κ1) is 18.0. The van der Waals surface area contributed by atoms with E-state index in [1.165, 1.54) is 0 Å². The Kier molecular flexibility index (Phi) is 11.1. The Labute approximate surface area is 102 Å². The Morgan fingerprint density at radius 1 is 1.00 bits per heavy atom. The van der Waals surface area contributed by atoms with Crippen molar-refractivity contribution in [2.75, 3.05) is 0 Å². The number of hydrogen-bond acceptors (Lipinski definition) is 5. The normalized spacial score (nSPS) is 8.11. The van der Waals surface area contributed by atoms with E-state index < -0.39 is 12.2 Å². The smallest absolute Gasteiger partial charge is 0.402 e. The molecule has 0 saturated heterocycles. The monoisotopic (exact) mass is 261 g/mol. The van der Waals surface area contributed by atoms with E-state index in [0.29, 0.717) is 11.4 Å². The minimum atomic E-state index is -1.33. The minimum Gasteiger partial charge on any atom is -0.465 e. The summed E-state index contributed by atoms with van der Waals surface area (Å²) in [6.45, 7) is -0.151. The van der Waals surface area contributed by atoms with Gasteiger partial charge in [0.25, 0.3) is 0 Å². The van der Waals surface area contributed by atoms with Crippen LogP contribution in [0.1, 0.15) is 11.4 Å². The van der Waals surface area contributed by atoms with Gasteiger partial charge in [0.15, 0.2) is 0 Å². The van der Waals surface area contributed by atoms with E-state index in [4.69, 9.17) is 30.0 Å². The molecule has 0 aromatic carbocycles. The lowest BCUT2D eigenvalue weighted by molar-refractivity contribution is 0.204. The summed E-state index contributed by atoms with van der Waals surface area (Å²) in [5.74, 6) is 0. The molecule has 1 heterocycles. The number of carboxylic acid groups (broad SMARTS) is 2. The second kappa shape index (κ2) is 11.1. The van der Waals surface area contributed by atoms with Crippen molar-refractivity contribution in [1.29, 1.82) is 0 Å². The van der Waals surface area contributed by atoms with E-state index >= 15 is 0 Å². The van der Waals surface area contributed by atoms with Gasteiger partial charge in [-0.1, -0.05) is 6.07 Å². The Balaban J connectivity index is 0. The average molecular weight is 261 g/mol. The van der Waals surface area contributed by atoms with Gasteiger partial charge in [0.2, 0.25) is 0 Å². The van der Waals surface area contributed by atoms with Crippen LogP contribution in [0.3, 0.4) is 0 Å². The zero-order valence-electron chi connectivity index (χ0n) is 9.35. The molecule has 0 spiro atoms. The van der Waals surface area contributed by atoms with E-state index in [1.807, 2.05) is 0 Å². The van der Waals surface area contributed by atoms with Crippen molar-refractivity contribution >= 4 is 12.2 Å². The molecule has 8 N–H and O–H groups in total. The number of aromatic nitrogens is 1. The van der Waals surface area contributed by atoms with Crippen LogP contribution in [-0.4, -0.2) is 37.6 Å². The van der Waals surface area contributed by atoms with Gasteiger partial charge in [-0.25, -0.2) is 9.59 Å². The van der Waals surface area contributed by atoms with Gasteiger partial charge in [0.1, 0.15) is 0 Å². The number of aliphatic hydroxyl groups excluding tert-OH is 2. The number of amides is 2. The van der Waals surface area contributed by atoms with E-state index in [1.54, 1.807) is 18.2 Å². The lowest BCUT2D eigenvalue weighted by Gasteiger charge is -1.96. The highest BCUT2D eigenvalue weighted by Crippen LogP contribution is 1.98. The highest BCUT2D eigenvalue weighted by Gasteiger charge is 1.92. The molecule has 0 fully saturated rings. The number of nitrogens with zero attached hydrogens (tertiary/aromatic N) is 1. The van der Waals surface area contributed by atoms with Crippen LogP contribution in [0.5, 0.6) is 0 Å². The number of nitrogens with two attached hydrogens (primary N) is 2. The fourth-order valence-corrected chi connectivity index (χ4v) is 0.705. The number of pyridine rings is 1. The zero-order valence-corrected chi connectivity index (χ0v) is 9.35. The van der Waals surface area contributed by atoms with E-state index in [0.717, 1.165) is 0 Å². The molecule has 18 heavy (non-hydrogen) atoms. The van der Waals surface area contributed by atoms with Crippen LogP contribution >= 0.6 is 0 Å². The van der Waals surface area contributed by atoms with E-state index in [9.17, 15) is 0 Å². The Morgan fingerprint density at radius 2 is 1.28 bits per heavy atom. The lowest BCUT2D eigenvalue weighted by Crippen LogP contribution is -2.03. The van der Waals surface area contributed by atoms with Crippen LogP contribution in [0.15, 0.2) is 18.2 Å². The molecular formula is C9H15N3O6. The predicted octanol–water partition coefficient (Wildman–Crippen LogP) is -0.688. The van der Waals surface area contributed by atoms with Crippen LogP contribution < -0.4 is 11.5 Å². The third-order valence-corrected chi connectivity index (χ3v) is 1.19. The highest BCUT2D eigenvalue weighted by molar-refractivity contribution is 5.61. The van der Waals surface area contributed by atoms with Crippen molar-refractivity contribution in [3.05, 3.63) is 29.6 Å². The zero-order chi connectivity index (χ0) is 14.6. The third kappa shape index (κ3) is 16.1. The van der Waals surface area contributed by atoms with Gasteiger partial charge in [-0.05, 0) is 12.1 Å². The van der Waals surface area contributed by atoms with Gasteiger partial charge < -0.3 is 31.9 Å². The summed E-state index contributed by atoms with van der Waals surface area (Å²) in [6, 6.07) is 5.17. The second-order valence-corrected chi connectivity index (χ2v) is 2.61. The van der Waals surface area contributed by atoms with Crippen LogP contribution in [-0.2, 0) is 13.2 Å². The fraction of sp³-hybridized carbons (Fsp3) is 0.222. The predicted molar refractivity (Wildman–Crippen MR) is 60.5 cm³/mol. The van der Waals surface area contributed by atoms with Crippen molar-refractivity contribution in [2.24, 2.45) is 11.5 Å². The van der Waals surface area contributed by atoms with Crippen molar-refractivity contribution < 1.29 is 30.0 Å². The minimum absolute atomic E-state index is 0.0756. The average Bonchev–Trinajstić information content (AvgIpc) is 2.27. The number of carbonyl (C=O) groups is 2. The summed E-state index contributed by atoms with van der Waals surface area (Å²) >= 11 is 0. The van der Waals surface area contributed by atoms with Crippen molar-refractivity contribution in [2.45, 2.75) is 13.2 Å². The molecule has 2 amide bonds. The molecule has 9 heteroatoms. The molecule has 1 aromatic heterocycles. The molecular weight excluding hydrogens is 246 g/mol. The Morgan fingerprint density at radius 3 is 1.50 bits per heavy atom. The maximum atomic E-state index is 8.78. The molecule has 9 nitrogen and oxygen atoms in total. The van der Waals surface area contributed by atoms with Crippen LogP contribution in [0.4, 0.5) is 9.59 Å².